The maximum absolute atomic E-state index is 6.92. The van der Waals surface area contributed by atoms with E-state index in [4.69, 9.17) is 13.9 Å². The molecule has 0 aliphatic heterocycles. The second-order valence-corrected chi connectivity index (χ2v) is 16.7. The fourth-order valence-electron chi connectivity index (χ4n) is 3.56. The Bertz CT molecular complexity index is 884. The molecule has 2 atom stereocenters. The summed E-state index contributed by atoms with van der Waals surface area (Å²) in [5.41, 5.74) is 3.53. The fraction of sp³-hybridized carbons (Fsp3) is 0.548. The highest BCUT2D eigenvalue weighted by atomic mass is 28.4. The average Bonchev–Trinajstić information content (AvgIpc) is 2.80. The molecule has 2 rings (SSSR count). The Balaban J connectivity index is 2.01. The summed E-state index contributed by atoms with van der Waals surface area (Å²) in [5.74, 6) is 0. The number of hydrogen-bond donors (Lipinski definition) is 0. The van der Waals surface area contributed by atoms with E-state index in [1.807, 2.05) is 24.3 Å². The van der Waals surface area contributed by atoms with E-state index < -0.39 is 8.32 Å². The molecule has 0 amide bonds. The first-order chi connectivity index (χ1) is 16.3. The quantitative estimate of drug-likeness (QED) is 0.149. The fourth-order valence-corrected chi connectivity index (χ4v) is 4.94. The van der Waals surface area contributed by atoms with Gasteiger partial charge in [0.05, 0.1) is 25.4 Å². The van der Waals surface area contributed by atoms with Gasteiger partial charge in [-0.25, -0.2) is 0 Å². The zero-order valence-electron chi connectivity index (χ0n) is 23.4. The molecule has 194 valence electrons. The van der Waals surface area contributed by atoms with Crippen LogP contribution >= 0.6 is 0 Å². The third-order valence-electron chi connectivity index (χ3n) is 7.52. The highest BCUT2D eigenvalue weighted by Gasteiger charge is 2.41. The van der Waals surface area contributed by atoms with Crippen molar-refractivity contribution in [2.24, 2.45) is 5.41 Å². The third-order valence-corrected chi connectivity index (χ3v) is 12.0. The van der Waals surface area contributed by atoms with Crippen LogP contribution in [0.3, 0.4) is 0 Å². The molecule has 2 aromatic carbocycles. The number of ether oxygens (including phenoxy) is 2. The van der Waals surface area contributed by atoms with Crippen molar-refractivity contribution in [3.05, 3.63) is 83.9 Å². The summed E-state index contributed by atoms with van der Waals surface area (Å²) in [4.78, 5) is 0. The van der Waals surface area contributed by atoms with E-state index >= 15 is 0 Å². The zero-order chi connectivity index (χ0) is 26.1. The maximum Gasteiger partial charge on any atom is 0.192 e. The molecule has 3 nitrogen and oxygen atoms in total. The van der Waals surface area contributed by atoms with Crippen LogP contribution in [0, 0.1) is 5.41 Å². The highest BCUT2D eigenvalue weighted by Crippen LogP contribution is 2.40. The summed E-state index contributed by atoms with van der Waals surface area (Å²) in [7, 11) is -1.98. The van der Waals surface area contributed by atoms with Crippen LogP contribution in [-0.4, -0.2) is 27.1 Å². The van der Waals surface area contributed by atoms with E-state index in [1.165, 1.54) is 16.7 Å². The minimum Gasteiger partial charge on any atom is -0.411 e. The Morgan fingerprint density at radius 3 is 1.89 bits per heavy atom. The first-order valence-corrected chi connectivity index (χ1v) is 15.9. The van der Waals surface area contributed by atoms with Crippen molar-refractivity contribution in [3.8, 4) is 0 Å². The second-order valence-electron chi connectivity index (χ2n) is 11.9. The van der Waals surface area contributed by atoms with Crippen molar-refractivity contribution in [1.82, 2.24) is 0 Å². The molecular weight excluding hydrogens is 448 g/mol. The van der Waals surface area contributed by atoms with E-state index in [0.717, 1.165) is 12.8 Å². The Kier molecular flexibility index (Phi) is 11.0. The number of rotatable bonds is 14. The Morgan fingerprint density at radius 2 is 1.37 bits per heavy atom. The van der Waals surface area contributed by atoms with E-state index in [1.54, 1.807) is 0 Å². The standard InChI is InChI=1S/C31H48O3Si/c1-25(31(6,7)20-21-32-23-27-16-12-10-13-17-27)22-29(34-35(8,9)30(3,4)5)26(2)33-24-28-18-14-11-15-19-28/h10-19,26,29H,1,20-24H2,2-9H3/t26-,29-/m0/s1. The summed E-state index contributed by atoms with van der Waals surface area (Å²) in [5, 5.41) is 0.131. The lowest BCUT2D eigenvalue weighted by molar-refractivity contribution is -0.0303. The summed E-state index contributed by atoms with van der Waals surface area (Å²) in [6.45, 7) is 24.6. The molecule has 0 aliphatic rings. The zero-order valence-corrected chi connectivity index (χ0v) is 24.4. The number of benzene rings is 2. The summed E-state index contributed by atoms with van der Waals surface area (Å²) < 4.78 is 19.2. The van der Waals surface area contributed by atoms with E-state index in [2.05, 4.69) is 97.6 Å². The van der Waals surface area contributed by atoms with Crippen molar-refractivity contribution in [2.75, 3.05) is 6.61 Å². The largest absolute Gasteiger partial charge is 0.411 e. The Morgan fingerprint density at radius 1 is 0.857 bits per heavy atom. The molecule has 0 heterocycles. The normalized spacial score (nSPS) is 14.5. The van der Waals surface area contributed by atoms with Crippen molar-refractivity contribution in [2.45, 2.75) is 97.9 Å². The SMILES string of the molecule is C=C(C[C@H](O[Si](C)(C)C(C)(C)C)[C@H](C)OCc1ccccc1)C(C)(C)CCOCc1ccccc1. The van der Waals surface area contributed by atoms with Gasteiger partial charge < -0.3 is 13.9 Å². The van der Waals surface area contributed by atoms with Gasteiger partial charge in [0.15, 0.2) is 8.32 Å². The van der Waals surface area contributed by atoms with Crippen LogP contribution in [0.2, 0.25) is 18.1 Å². The molecule has 0 unspecified atom stereocenters. The lowest BCUT2D eigenvalue weighted by Gasteiger charge is -2.42. The van der Waals surface area contributed by atoms with Crippen LogP contribution in [0.15, 0.2) is 72.8 Å². The lowest BCUT2D eigenvalue weighted by atomic mass is 9.79. The van der Waals surface area contributed by atoms with E-state index in [9.17, 15) is 0 Å². The Labute approximate surface area is 216 Å². The van der Waals surface area contributed by atoms with Gasteiger partial charge in [0.2, 0.25) is 0 Å². The molecule has 2 aromatic rings. The molecule has 0 saturated heterocycles. The summed E-state index contributed by atoms with van der Waals surface area (Å²) >= 11 is 0. The average molecular weight is 497 g/mol. The molecule has 0 radical (unpaired) electrons. The minimum atomic E-state index is -1.98. The first kappa shape index (κ1) is 29.5. The molecule has 0 saturated carbocycles. The van der Waals surface area contributed by atoms with Crippen LogP contribution in [-0.2, 0) is 27.1 Å². The minimum absolute atomic E-state index is 0.0309. The van der Waals surface area contributed by atoms with Gasteiger partial charge in [-0.2, -0.15) is 0 Å². The summed E-state index contributed by atoms with van der Waals surface area (Å²) in [6, 6.07) is 20.7. The molecule has 0 aromatic heterocycles. The molecule has 35 heavy (non-hydrogen) atoms. The van der Waals surface area contributed by atoms with Crippen LogP contribution in [0.5, 0.6) is 0 Å². The highest BCUT2D eigenvalue weighted by molar-refractivity contribution is 6.74. The van der Waals surface area contributed by atoms with Gasteiger partial charge in [-0.05, 0) is 54.4 Å². The van der Waals surface area contributed by atoms with Gasteiger partial charge in [0, 0.05) is 6.61 Å². The molecule has 0 N–H and O–H groups in total. The predicted molar refractivity (Wildman–Crippen MR) is 151 cm³/mol. The van der Waals surface area contributed by atoms with Crippen LogP contribution in [0.1, 0.15) is 65.5 Å². The molecule has 0 spiro atoms. The lowest BCUT2D eigenvalue weighted by Crippen LogP contribution is -2.47. The van der Waals surface area contributed by atoms with Gasteiger partial charge in [0.1, 0.15) is 0 Å². The van der Waals surface area contributed by atoms with Gasteiger partial charge in [0.25, 0.3) is 0 Å². The second kappa shape index (κ2) is 13.0. The smallest absolute Gasteiger partial charge is 0.192 e. The number of hydrogen-bond acceptors (Lipinski definition) is 3. The molecule has 0 aliphatic carbocycles. The van der Waals surface area contributed by atoms with Crippen LogP contribution in [0.25, 0.3) is 0 Å². The van der Waals surface area contributed by atoms with Crippen molar-refractivity contribution < 1.29 is 13.9 Å². The van der Waals surface area contributed by atoms with Crippen molar-refractivity contribution in [3.63, 3.8) is 0 Å². The third kappa shape index (κ3) is 9.68. The van der Waals surface area contributed by atoms with Gasteiger partial charge in [-0.15, -0.1) is 0 Å². The van der Waals surface area contributed by atoms with Crippen LogP contribution < -0.4 is 0 Å². The van der Waals surface area contributed by atoms with E-state index in [0.29, 0.717) is 19.8 Å². The van der Waals surface area contributed by atoms with E-state index in [-0.39, 0.29) is 22.7 Å². The van der Waals surface area contributed by atoms with Gasteiger partial charge >= 0.3 is 0 Å². The van der Waals surface area contributed by atoms with Crippen LogP contribution in [0.4, 0.5) is 0 Å². The summed E-state index contributed by atoms with van der Waals surface area (Å²) in [6.07, 6.45) is 1.64. The molecular formula is C31H48O3Si. The molecule has 0 fully saturated rings. The van der Waals surface area contributed by atoms with Crippen molar-refractivity contribution >= 4 is 8.32 Å². The molecule has 0 bridgehead atoms. The van der Waals surface area contributed by atoms with Gasteiger partial charge in [-0.3, -0.25) is 0 Å². The Hall–Kier alpha value is -1.72. The predicted octanol–water partition coefficient (Wildman–Crippen LogP) is 8.56. The van der Waals surface area contributed by atoms with Gasteiger partial charge in [-0.1, -0.05) is 107 Å². The topological polar surface area (TPSA) is 27.7 Å². The molecule has 4 heteroatoms. The first-order valence-electron chi connectivity index (χ1n) is 12.9. The van der Waals surface area contributed by atoms with Crippen molar-refractivity contribution in [1.29, 1.82) is 0 Å². The monoisotopic (exact) mass is 496 g/mol. The maximum atomic E-state index is 6.92.